The van der Waals surface area contributed by atoms with Crippen LogP contribution < -0.4 is 0 Å². The van der Waals surface area contributed by atoms with E-state index in [0.717, 1.165) is 26.3 Å². The van der Waals surface area contributed by atoms with Gasteiger partial charge in [-0.15, -0.1) is 0 Å². The Morgan fingerprint density at radius 1 is 1.05 bits per heavy atom. The van der Waals surface area contributed by atoms with Gasteiger partial charge in [0.25, 0.3) is 0 Å². The van der Waals surface area contributed by atoms with Crippen LogP contribution in [0.1, 0.15) is 28.3 Å². The van der Waals surface area contributed by atoms with Gasteiger partial charge in [-0.1, -0.05) is 48.5 Å². The summed E-state index contributed by atoms with van der Waals surface area (Å²) >= 11 is 0. The molecule has 1 atom stereocenters. The summed E-state index contributed by atoms with van der Waals surface area (Å²) in [6.45, 7) is 8.00. The van der Waals surface area contributed by atoms with Crippen LogP contribution in [0.2, 0.25) is 0 Å². The molecule has 0 amide bonds. The quantitative estimate of drug-likeness (QED) is 0.846. The number of rotatable bonds is 3. The van der Waals surface area contributed by atoms with Gasteiger partial charge in [0.2, 0.25) is 0 Å². The van der Waals surface area contributed by atoms with E-state index in [9.17, 15) is 0 Å². The van der Waals surface area contributed by atoms with E-state index in [-0.39, 0.29) is 0 Å². The topological polar surface area (TPSA) is 12.5 Å². The summed E-state index contributed by atoms with van der Waals surface area (Å²) in [5, 5.41) is 0. The lowest BCUT2D eigenvalue weighted by molar-refractivity contribution is -0.0129. The van der Waals surface area contributed by atoms with Gasteiger partial charge in [-0.25, -0.2) is 0 Å². The monoisotopic (exact) mass is 281 g/mol. The van der Waals surface area contributed by atoms with Crippen molar-refractivity contribution in [3.63, 3.8) is 0 Å². The molecule has 1 fully saturated rings. The highest BCUT2D eigenvalue weighted by Crippen LogP contribution is 2.29. The molecule has 0 aliphatic carbocycles. The van der Waals surface area contributed by atoms with E-state index in [1.54, 1.807) is 0 Å². The first-order chi connectivity index (χ1) is 10.3. The first-order valence-electron chi connectivity index (χ1n) is 7.67. The summed E-state index contributed by atoms with van der Waals surface area (Å²) in [7, 11) is 0. The van der Waals surface area contributed by atoms with Gasteiger partial charge in [-0.3, -0.25) is 4.90 Å². The fourth-order valence-corrected chi connectivity index (χ4v) is 3.07. The molecule has 0 spiro atoms. The Balaban J connectivity index is 1.86. The Kier molecular flexibility index (Phi) is 4.37. The summed E-state index contributed by atoms with van der Waals surface area (Å²) < 4.78 is 5.76. The molecule has 0 radical (unpaired) electrons. The van der Waals surface area contributed by atoms with Crippen LogP contribution in [-0.4, -0.2) is 24.7 Å². The molecule has 3 rings (SSSR count). The van der Waals surface area contributed by atoms with Gasteiger partial charge in [-0.05, 0) is 36.1 Å². The van der Waals surface area contributed by atoms with E-state index >= 15 is 0 Å². The van der Waals surface area contributed by atoms with Crippen molar-refractivity contribution in [1.29, 1.82) is 0 Å². The molecule has 0 N–H and O–H groups in total. The van der Waals surface area contributed by atoms with Crippen molar-refractivity contribution in [3.8, 4) is 0 Å². The smallest absolute Gasteiger partial charge is 0.0664 e. The minimum Gasteiger partial charge on any atom is -0.378 e. The molecule has 21 heavy (non-hydrogen) atoms. The van der Waals surface area contributed by atoms with E-state index < -0.39 is 0 Å². The Bertz CT molecular complexity index is 594. The normalized spacial score (nSPS) is 19.6. The maximum absolute atomic E-state index is 5.76. The van der Waals surface area contributed by atoms with Crippen molar-refractivity contribution in [1.82, 2.24) is 4.90 Å². The van der Waals surface area contributed by atoms with Crippen molar-refractivity contribution >= 4 is 0 Å². The van der Waals surface area contributed by atoms with Crippen LogP contribution in [0, 0.1) is 13.8 Å². The Morgan fingerprint density at radius 2 is 1.86 bits per heavy atom. The summed E-state index contributed by atoms with van der Waals surface area (Å²) in [6, 6.07) is 17.7. The standard InChI is InChI=1S/C19H23NO/c1-15-7-6-10-18(16(15)2)19-14-21-12-11-20(19)13-17-8-4-3-5-9-17/h3-10,19H,11-14H2,1-2H3. The summed E-state index contributed by atoms with van der Waals surface area (Å²) in [5.41, 5.74) is 5.53. The molecule has 2 aromatic carbocycles. The maximum Gasteiger partial charge on any atom is 0.0664 e. The summed E-state index contributed by atoms with van der Waals surface area (Å²) in [4.78, 5) is 2.54. The lowest BCUT2D eigenvalue weighted by Gasteiger charge is -2.37. The third kappa shape index (κ3) is 3.17. The maximum atomic E-state index is 5.76. The van der Waals surface area contributed by atoms with E-state index in [2.05, 4.69) is 67.3 Å². The summed E-state index contributed by atoms with van der Waals surface area (Å²) in [5.74, 6) is 0. The predicted molar refractivity (Wildman–Crippen MR) is 86.3 cm³/mol. The van der Waals surface area contributed by atoms with Crippen LogP contribution in [0.15, 0.2) is 48.5 Å². The Labute approximate surface area is 127 Å². The molecule has 2 aromatic rings. The first kappa shape index (κ1) is 14.3. The molecule has 1 heterocycles. The van der Waals surface area contributed by atoms with Crippen molar-refractivity contribution < 1.29 is 4.74 Å². The molecule has 2 nitrogen and oxygen atoms in total. The molecule has 2 heteroatoms. The third-order valence-corrected chi connectivity index (χ3v) is 4.47. The largest absolute Gasteiger partial charge is 0.378 e. The van der Waals surface area contributed by atoms with E-state index in [1.165, 1.54) is 22.3 Å². The summed E-state index contributed by atoms with van der Waals surface area (Å²) in [6.07, 6.45) is 0. The van der Waals surface area contributed by atoms with Gasteiger partial charge in [0.05, 0.1) is 19.3 Å². The van der Waals surface area contributed by atoms with E-state index in [4.69, 9.17) is 4.74 Å². The van der Waals surface area contributed by atoms with E-state index in [0.29, 0.717) is 6.04 Å². The van der Waals surface area contributed by atoms with E-state index in [1.807, 2.05) is 0 Å². The zero-order valence-electron chi connectivity index (χ0n) is 12.9. The minimum atomic E-state index is 0.360. The molecule has 1 saturated heterocycles. The molecule has 0 bridgehead atoms. The van der Waals surface area contributed by atoms with Crippen molar-refractivity contribution in [2.24, 2.45) is 0 Å². The molecule has 1 aliphatic heterocycles. The number of aryl methyl sites for hydroxylation is 1. The second kappa shape index (κ2) is 6.42. The first-order valence-corrected chi connectivity index (χ1v) is 7.67. The molecular weight excluding hydrogens is 258 g/mol. The Hall–Kier alpha value is -1.64. The molecule has 0 saturated carbocycles. The number of hydrogen-bond donors (Lipinski definition) is 0. The second-order valence-electron chi connectivity index (χ2n) is 5.84. The Morgan fingerprint density at radius 3 is 2.67 bits per heavy atom. The molecular formula is C19H23NO. The number of morpholine rings is 1. The highest BCUT2D eigenvalue weighted by molar-refractivity contribution is 5.35. The highest BCUT2D eigenvalue weighted by Gasteiger charge is 2.26. The predicted octanol–water partition coefficient (Wildman–Crippen LogP) is 3.88. The van der Waals surface area contributed by atoms with Gasteiger partial charge < -0.3 is 4.74 Å². The van der Waals surface area contributed by atoms with Gasteiger partial charge in [0.15, 0.2) is 0 Å². The third-order valence-electron chi connectivity index (χ3n) is 4.47. The van der Waals surface area contributed by atoms with Gasteiger partial charge >= 0.3 is 0 Å². The van der Waals surface area contributed by atoms with Gasteiger partial charge in [0, 0.05) is 13.1 Å². The van der Waals surface area contributed by atoms with Crippen LogP contribution in [0.25, 0.3) is 0 Å². The van der Waals surface area contributed by atoms with Crippen LogP contribution >= 0.6 is 0 Å². The zero-order chi connectivity index (χ0) is 14.7. The van der Waals surface area contributed by atoms with Gasteiger partial charge in [0.1, 0.15) is 0 Å². The van der Waals surface area contributed by atoms with Crippen LogP contribution in [0.4, 0.5) is 0 Å². The molecule has 110 valence electrons. The number of nitrogens with zero attached hydrogens (tertiary/aromatic N) is 1. The van der Waals surface area contributed by atoms with Crippen molar-refractivity contribution in [3.05, 3.63) is 70.8 Å². The second-order valence-corrected chi connectivity index (χ2v) is 5.84. The highest BCUT2D eigenvalue weighted by atomic mass is 16.5. The molecule has 1 aliphatic rings. The van der Waals surface area contributed by atoms with Crippen LogP contribution in [0.3, 0.4) is 0 Å². The molecule has 1 unspecified atom stereocenters. The number of benzene rings is 2. The average molecular weight is 281 g/mol. The minimum absolute atomic E-state index is 0.360. The zero-order valence-corrected chi connectivity index (χ0v) is 12.9. The fourth-order valence-electron chi connectivity index (χ4n) is 3.07. The number of hydrogen-bond acceptors (Lipinski definition) is 2. The average Bonchev–Trinajstić information content (AvgIpc) is 2.52. The van der Waals surface area contributed by atoms with Crippen LogP contribution in [-0.2, 0) is 11.3 Å². The van der Waals surface area contributed by atoms with Crippen LogP contribution in [0.5, 0.6) is 0 Å². The number of ether oxygens (including phenoxy) is 1. The van der Waals surface area contributed by atoms with Gasteiger partial charge in [-0.2, -0.15) is 0 Å². The SMILES string of the molecule is Cc1cccc(C2COCCN2Cc2ccccc2)c1C. The fraction of sp³-hybridized carbons (Fsp3) is 0.368. The van der Waals surface area contributed by atoms with Crippen molar-refractivity contribution in [2.45, 2.75) is 26.4 Å². The lowest BCUT2D eigenvalue weighted by atomic mass is 9.96. The lowest BCUT2D eigenvalue weighted by Crippen LogP contribution is -2.39. The van der Waals surface area contributed by atoms with Crippen molar-refractivity contribution in [2.75, 3.05) is 19.8 Å². The molecule has 0 aromatic heterocycles.